The molecule has 20 heavy (non-hydrogen) atoms. The molecular weight excluding hydrogens is 319 g/mol. The highest BCUT2D eigenvalue weighted by Crippen LogP contribution is 2.33. The third-order valence-electron chi connectivity index (χ3n) is 3.76. The Kier molecular flexibility index (Phi) is 3.66. The summed E-state index contributed by atoms with van der Waals surface area (Å²) >= 11 is 3.44. The Labute approximate surface area is 126 Å². The topological polar surface area (TPSA) is 29.3 Å². The van der Waals surface area contributed by atoms with E-state index in [1.807, 2.05) is 18.2 Å². The van der Waals surface area contributed by atoms with Crippen LogP contribution in [-0.4, -0.2) is 6.54 Å². The molecule has 1 heterocycles. The summed E-state index contributed by atoms with van der Waals surface area (Å²) < 4.78 is 14.0. The van der Waals surface area contributed by atoms with Crippen LogP contribution in [0.4, 0.5) is 15.8 Å². The van der Waals surface area contributed by atoms with Gasteiger partial charge in [-0.25, -0.2) is 4.39 Å². The molecule has 3 rings (SSSR count). The molecule has 0 unspecified atom stereocenters. The van der Waals surface area contributed by atoms with Crippen molar-refractivity contribution in [1.82, 2.24) is 0 Å². The number of nitrogens with zero attached hydrogens (tertiary/aromatic N) is 1. The van der Waals surface area contributed by atoms with Crippen molar-refractivity contribution in [2.24, 2.45) is 0 Å². The van der Waals surface area contributed by atoms with Gasteiger partial charge in [0.25, 0.3) is 0 Å². The molecule has 1 aliphatic heterocycles. The van der Waals surface area contributed by atoms with E-state index in [-0.39, 0.29) is 5.82 Å². The van der Waals surface area contributed by atoms with Gasteiger partial charge in [-0.2, -0.15) is 0 Å². The molecule has 4 heteroatoms. The summed E-state index contributed by atoms with van der Waals surface area (Å²) in [6, 6.07) is 10.9. The lowest BCUT2D eigenvalue weighted by atomic mass is 9.99. The van der Waals surface area contributed by atoms with Gasteiger partial charge in [-0.05, 0) is 48.2 Å². The van der Waals surface area contributed by atoms with Gasteiger partial charge in [0.1, 0.15) is 5.82 Å². The van der Waals surface area contributed by atoms with Crippen LogP contribution >= 0.6 is 15.9 Å². The molecule has 2 aromatic rings. The van der Waals surface area contributed by atoms with Gasteiger partial charge in [0, 0.05) is 28.9 Å². The number of hydrogen-bond acceptors (Lipinski definition) is 2. The van der Waals surface area contributed by atoms with E-state index < -0.39 is 0 Å². The molecule has 2 aromatic carbocycles. The van der Waals surface area contributed by atoms with Crippen LogP contribution in [0.5, 0.6) is 0 Å². The van der Waals surface area contributed by atoms with Gasteiger partial charge < -0.3 is 10.6 Å². The van der Waals surface area contributed by atoms with Gasteiger partial charge in [0.2, 0.25) is 0 Å². The average molecular weight is 335 g/mol. The number of fused-ring (bicyclic) bond motifs is 1. The predicted octanol–water partition coefficient (Wildman–Crippen LogP) is 4.12. The summed E-state index contributed by atoms with van der Waals surface area (Å²) in [7, 11) is 0. The fourth-order valence-corrected chi connectivity index (χ4v) is 3.22. The SMILES string of the molecule is Nc1cccc2c1CCCN2Cc1ccc(F)cc1Br. The quantitative estimate of drug-likeness (QED) is 0.837. The Morgan fingerprint density at radius 2 is 2.10 bits per heavy atom. The summed E-state index contributed by atoms with van der Waals surface area (Å²) in [6.07, 6.45) is 2.13. The zero-order valence-electron chi connectivity index (χ0n) is 11.1. The molecule has 0 atom stereocenters. The van der Waals surface area contributed by atoms with E-state index in [2.05, 4.69) is 26.9 Å². The smallest absolute Gasteiger partial charge is 0.124 e. The molecule has 104 valence electrons. The van der Waals surface area contributed by atoms with Crippen LogP contribution in [-0.2, 0) is 13.0 Å². The summed E-state index contributed by atoms with van der Waals surface area (Å²) in [6.45, 7) is 1.76. The van der Waals surface area contributed by atoms with Crippen molar-refractivity contribution in [3.05, 3.63) is 57.8 Å². The number of rotatable bonds is 2. The first kappa shape index (κ1) is 13.4. The molecule has 0 bridgehead atoms. The fourth-order valence-electron chi connectivity index (χ4n) is 2.75. The molecule has 0 saturated heterocycles. The van der Waals surface area contributed by atoms with Crippen LogP contribution in [0.3, 0.4) is 0 Å². The van der Waals surface area contributed by atoms with E-state index in [1.165, 1.54) is 23.4 Å². The third kappa shape index (κ3) is 2.52. The second-order valence-corrected chi connectivity index (χ2v) is 5.96. The van der Waals surface area contributed by atoms with Crippen molar-refractivity contribution in [2.75, 3.05) is 17.2 Å². The average Bonchev–Trinajstić information content (AvgIpc) is 2.43. The monoisotopic (exact) mass is 334 g/mol. The Morgan fingerprint density at radius 1 is 1.25 bits per heavy atom. The molecule has 0 saturated carbocycles. The lowest BCUT2D eigenvalue weighted by Gasteiger charge is -2.32. The maximum atomic E-state index is 13.2. The van der Waals surface area contributed by atoms with Crippen molar-refractivity contribution in [1.29, 1.82) is 0 Å². The molecule has 1 aliphatic rings. The lowest BCUT2D eigenvalue weighted by molar-refractivity contribution is 0.624. The second-order valence-electron chi connectivity index (χ2n) is 5.11. The van der Waals surface area contributed by atoms with E-state index >= 15 is 0 Å². The maximum absolute atomic E-state index is 13.2. The van der Waals surface area contributed by atoms with Gasteiger partial charge in [0.05, 0.1) is 0 Å². The first-order chi connectivity index (χ1) is 9.65. The number of nitrogens with two attached hydrogens (primary N) is 1. The van der Waals surface area contributed by atoms with Gasteiger partial charge in [-0.15, -0.1) is 0 Å². The molecule has 0 fully saturated rings. The highest BCUT2D eigenvalue weighted by atomic mass is 79.9. The van der Waals surface area contributed by atoms with Crippen molar-refractivity contribution in [2.45, 2.75) is 19.4 Å². The fraction of sp³-hybridized carbons (Fsp3) is 0.250. The predicted molar refractivity (Wildman–Crippen MR) is 84.3 cm³/mol. The van der Waals surface area contributed by atoms with E-state index in [9.17, 15) is 4.39 Å². The van der Waals surface area contributed by atoms with Crippen LogP contribution < -0.4 is 10.6 Å². The van der Waals surface area contributed by atoms with Gasteiger partial charge in [0.15, 0.2) is 0 Å². The Bertz CT molecular complexity index is 642. The maximum Gasteiger partial charge on any atom is 0.124 e. The third-order valence-corrected chi connectivity index (χ3v) is 4.50. The number of hydrogen-bond donors (Lipinski definition) is 1. The number of benzene rings is 2. The van der Waals surface area contributed by atoms with Crippen molar-refractivity contribution >= 4 is 27.3 Å². The molecule has 0 aromatic heterocycles. The van der Waals surface area contributed by atoms with Gasteiger partial charge in [-0.3, -0.25) is 0 Å². The van der Waals surface area contributed by atoms with E-state index in [0.29, 0.717) is 0 Å². The molecule has 0 spiro atoms. The van der Waals surface area contributed by atoms with Crippen LogP contribution in [0, 0.1) is 5.82 Å². The van der Waals surface area contributed by atoms with Crippen LogP contribution in [0.15, 0.2) is 40.9 Å². The molecular formula is C16H16BrFN2. The highest BCUT2D eigenvalue weighted by molar-refractivity contribution is 9.10. The minimum absolute atomic E-state index is 0.219. The summed E-state index contributed by atoms with van der Waals surface area (Å²) in [5.41, 5.74) is 10.4. The summed E-state index contributed by atoms with van der Waals surface area (Å²) in [5, 5.41) is 0. The number of nitrogen functional groups attached to an aromatic ring is 1. The highest BCUT2D eigenvalue weighted by Gasteiger charge is 2.19. The molecule has 0 radical (unpaired) electrons. The van der Waals surface area contributed by atoms with Crippen LogP contribution in [0.2, 0.25) is 0 Å². The Balaban J connectivity index is 1.91. The Hall–Kier alpha value is -1.55. The Morgan fingerprint density at radius 3 is 2.90 bits per heavy atom. The molecule has 2 nitrogen and oxygen atoms in total. The molecule has 0 aliphatic carbocycles. The van der Waals surface area contributed by atoms with Crippen molar-refractivity contribution in [3.8, 4) is 0 Å². The molecule has 0 amide bonds. The van der Waals surface area contributed by atoms with Gasteiger partial charge in [-0.1, -0.05) is 28.1 Å². The summed E-state index contributed by atoms with van der Waals surface area (Å²) in [5.74, 6) is -0.219. The first-order valence-electron chi connectivity index (χ1n) is 6.71. The van der Waals surface area contributed by atoms with Crippen molar-refractivity contribution < 1.29 is 4.39 Å². The number of halogens is 2. The minimum atomic E-state index is -0.219. The first-order valence-corrected chi connectivity index (χ1v) is 7.50. The van der Waals surface area contributed by atoms with Crippen LogP contribution in [0.1, 0.15) is 17.5 Å². The zero-order valence-corrected chi connectivity index (χ0v) is 12.7. The van der Waals surface area contributed by atoms with E-state index in [0.717, 1.165) is 41.7 Å². The standard InChI is InChI=1S/C16H16BrFN2/c17-14-9-12(18)7-6-11(14)10-20-8-2-3-13-15(19)4-1-5-16(13)20/h1,4-7,9H,2-3,8,10,19H2. The minimum Gasteiger partial charge on any atom is -0.398 e. The zero-order chi connectivity index (χ0) is 14.1. The van der Waals surface area contributed by atoms with E-state index in [1.54, 1.807) is 0 Å². The number of anilines is 2. The summed E-state index contributed by atoms with van der Waals surface area (Å²) in [4.78, 5) is 2.31. The van der Waals surface area contributed by atoms with Crippen molar-refractivity contribution in [3.63, 3.8) is 0 Å². The normalized spacial score (nSPS) is 14.2. The lowest BCUT2D eigenvalue weighted by Crippen LogP contribution is -2.29. The largest absolute Gasteiger partial charge is 0.398 e. The van der Waals surface area contributed by atoms with Crippen LogP contribution in [0.25, 0.3) is 0 Å². The van der Waals surface area contributed by atoms with E-state index in [4.69, 9.17) is 5.73 Å². The van der Waals surface area contributed by atoms with Gasteiger partial charge >= 0.3 is 0 Å². The second kappa shape index (κ2) is 5.44. The molecule has 2 N–H and O–H groups in total.